The van der Waals surface area contributed by atoms with Crippen molar-refractivity contribution in [1.82, 2.24) is 14.5 Å². The monoisotopic (exact) mass is 319 g/mol. The summed E-state index contributed by atoms with van der Waals surface area (Å²) in [7, 11) is 0. The lowest BCUT2D eigenvalue weighted by Gasteiger charge is -2.21. The largest absolute Gasteiger partial charge is 0.335 e. The topological polar surface area (TPSA) is 38.1 Å². The third-order valence-corrected chi connectivity index (χ3v) is 4.09. The highest BCUT2D eigenvalue weighted by Gasteiger charge is 2.26. The van der Waals surface area contributed by atoms with E-state index in [4.69, 9.17) is 0 Å². The molecule has 23 heavy (non-hydrogen) atoms. The van der Waals surface area contributed by atoms with Gasteiger partial charge in [-0.1, -0.05) is 6.07 Å². The standard InChI is InChI=1S/C17H19F2N3O/c1-12(23)22(9-13-2-3-13)11-17-20-6-7-21(17)10-14-4-5-15(18)16(19)8-14/h4-8,13H,2-3,9-11H2,1H3. The number of imidazole rings is 1. The summed E-state index contributed by atoms with van der Waals surface area (Å²) in [6.07, 6.45) is 5.79. The van der Waals surface area contributed by atoms with Gasteiger partial charge in [-0.3, -0.25) is 4.79 Å². The van der Waals surface area contributed by atoms with E-state index in [2.05, 4.69) is 4.98 Å². The summed E-state index contributed by atoms with van der Waals surface area (Å²) in [5.74, 6) is -0.339. The van der Waals surface area contributed by atoms with Crippen LogP contribution in [0.5, 0.6) is 0 Å². The van der Waals surface area contributed by atoms with Gasteiger partial charge in [0.2, 0.25) is 5.91 Å². The first-order chi connectivity index (χ1) is 11.0. The SMILES string of the molecule is CC(=O)N(Cc1nccn1Cc1ccc(F)c(F)c1)CC1CC1. The van der Waals surface area contributed by atoms with Crippen molar-refractivity contribution in [2.24, 2.45) is 5.92 Å². The average molecular weight is 319 g/mol. The average Bonchev–Trinajstić information content (AvgIpc) is 3.22. The number of amides is 1. The van der Waals surface area contributed by atoms with Crippen LogP contribution in [0.4, 0.5) is 8.78 Å². The van der Waals surface area contributed by atoms with Crippen LogP contribution in [-0.2, 0) is 17.9 Å². The third kappa shape index (κ3) is 3.94. The number of rotatable bonds is 6. The van der Waals surface area contributed by atoms with Crippen LogP contribution in [0.3, 0.4) is 0 Å². The zero-order valence-electron chi connectivity index (χ0n) is 13.0. The number of hydrogen-bond donors (Lipinski definition) is 0. The number of aromatic nitrogens is 2. The summed E-state index contributed by atoms with van der Waals surface area (Å²) in [6, 6.07) is 3.86. The van der Waals surface area contributed by atoms with Gasteiger partial charge in [0.15, 0.2) is 11.6 Å². The maximum Gasteiger partial charge on any atom is 0.219 e. The van der Waals surface area contributed by atoms with Crippen molar-refractivity contribution >= 4 is 5.91 Å². The fraction of sp³-hybridized carbons (Fsp3) is 0.412. The van der Waals surface area contributed by atoms with Crippen LogP contribution in [-0.4, -0.2) is 26.9 Å². The first kappa shape index (κ1) is 15.6. The van der Waals surface area contributed by atoms with Gasteiger partial charge in [-0.2, -0.15) is 0 Å². The molecule has 4 nitrogen and oxygen atoms in total. The molecule has 122 valence electrons. The highest BCUT2D eigenvalue weighted by atomic mass is 19.2. The van der Waals surface area contributed by atoms with Crippen LogP contribution < -0.4 is 0 Å². The Kier molecular flexibility index (Phi) is 4.41. The zero-order valence-corrected chi connectivity index (χ0v) is 13.0. The van der Waals surface area contributed by atoms with Gasteiger partial charge in [0.05, 0.1) is 6.54 Å². The number of carbonyl (C=O) groups excluding carboxylic acids is 1. The summed E-state index contributed by atoms with van der Waals surface area (Å²) in [5, 5.41) is 0. The summed E-state index contributed by atoms with van der Waals surface area (Å²) >= 11 is 0. The molecule has 1 amide bonds. The van der Waals surface area contributed by atoms with E-state index in [1.54, 1.807) is 30.3 Å². The minimum atomic E-state index is -0.858. The minimum Gasteiger partial charge on any atom is -0.335 e. The van der Waals surface area contributed by atoms with Gasteiger partial charge in [-0.25, -0.2) is 13.8 Å². The van der Waals surface area contributed by atoms with Crippen molar-refractivity contribution in [1.29, 1.82) is 0 Å². The second kappa shape index (κ2) is 6.48. The molecule has 1 aliphatic carbocycles. The molecule has 1 fully saturated rings. The Bertz CT molecular complexity index is 710. The molecule has 0 aliphatic heterocycles. The lowest BCUT2D eigenvalue weighted by atomic mass is 10.2. The van der Waals surface area contributed by atoms with Crippen LogP contribution in [0.25, 0.3) is 0 Å². The molecule has 0 bridgehead atoms. The Hall–Kier alpha value is -2.24. The number of nitrogens with zero attached hydrogens (tertiary/aromatic N) is 3. The molecule has 0 atom stereocenters. The molecule has 3 rings (SSSR count). The number of carbonyl (C=O) groups is 1. The first-order valence-corrected chi connectivity index (χ1v) is 7.72. The summed E-state index contributed by atoms with van der Waals surface area (Å²) in [4.78, 5) is 17.9. The first-order valence-electron chi connectivity index (χ1n) is 7.72. The molecule has 0 N–H and O–H groups in total. The molecule has 1 heterocycles. The maximum absolute atomic E-state index is 13.3. The Morgan fingerprint density at radius 3 is 2.78 bits per heavy atom. The van der Waals surface area contributed by atoms with Crippen molar-refractivity contribution in [2.45, 2.75) is 32.9 Å². The van der Waals surface area contributed by atoms with Gasteiger partial charge in [0.25, 0.3) is 0 Å². The normalized spacial score (nSPS) is 14.0. The predicted octanol–water partition coefficient (Wildman–Crippen LogP) is 2.97. The van der Waals surface area contributed by atoms with E-state index in [0.717, 1.165) is 18.4 Å². The zero-order chi connectivity index (χ0) is 16.4. The number of halogens is 2. The van der Waals surface area contributed by atoms with Gasteiger partial charge in [-0.05, 0) is 36.5 Å². The highest BCUT2D eigenvalue weighted by Crippen LogP contribution is 2.30. The fourth-order valence-corrected chi connectivity index (χ4v) is 2.56. The molecule has 0 radical (unpaired) electrons. The lowest BCUT2D eigenvalue weighted by molar-refractivity contribution is -0.129. The van der Waals surface area contributed by atoms with Gasteiger partial charge >= 0.3 is 0 Å². The van der Waals surface area contributed by atoms with Crippen LogP contribution in [0.1, 0.15) is 31.2 Å². The highest BCUT2D eigenvalue weighted by molar-refractivity contribution is 5.73. The predicted molar refractivity (Wildman–Crippen MR) is 81.5 cm³/mol. The van der Waals surface area contributed by atoms with E-state index in [9.17, 15) is 13.6 Å². The fourth-order valence-electron chi connectivity index (χ4n) is 2.56. The molecule has 0 spiro atoms. The third-order valence-electron chi connectivity index (χ3n) is 4.09. The Morgan fingerprint density at radius 2 is 2.13 bits per heavy atom. The Balaban J connectivity index is 1.72. The molecule has 1 aromatic heterocycles. The van der Waals surface area contributed by atoms with E-state index in [1.165, 1.54) is 18.9 Å². The summed E-state index contributed by atoms with van der Waals surface area (Å²) in [5.41, 5.74) is 0.653. The molecular weight excluding hydrogens is 300 g/mol. The maximum atomic E-state index is 13.3. The smallest absolute Gasteiger partial charge is 0.219 e. The molecular formula is C17H19F2N3O. The second-order valence-electron chi connectivity index (χ2n) is 6.06. The van der Waals surface area contributed by atoms with Crippen LogP contribution in [0.15, 0.2) is 30.6 Å². The molecule has 1 aromatic carbocycles. The van der Waals surface area contributed by atoms with Crippen molar-refractivity contribution < 1.29 is 13.6 Å². The molecule has 0 saturated heterocycles. The van der Waals surface area contributed by atoms with Crippen molar-refractivity contribution in [3.63, 3.8) is 0 Å². The van der Waals surface area contributed by atoms with Crippen molar-refractivity contribution in [3.05, 3.63) is 53.6 Å². The van der Waals surface area contributed by atoms with E-state index in [1.807, 2.05) is 4.57 Å². The van der Waals surface area contributed by atoms with Gasteiger partial charge in [0.1, 0.15) is 5.82 Å². The van der Waals surface area contributed by atoms with Crippen molar-refractivity contribution in [2.75, 3.05) is 6.54 Å². The Morgan fingerprint density at radius 1 is 1.35 bits per heavy atom. The van der Waals surface area contributed by atoms with Crippen LogP contribution >= 0.6 is 0 Å². The molecule has 1 saturated carbocycles. The van der Waals surface area contributed by atoms with E-state index in [0.29, 0.717) is 24.6 Å². The van der Waals surface area contributed by atoms with Crippen LogP contribution in [0.2, 0.25) is 0 Å². The summed E-state index contributed by atoms with van der Waals surface area (Å²) in [6.45, 7) is 3.14. The lowest BCUT2D eigenvalue weighted by Crippen LogP contribution is -2.31. The number of hydrogen-bond acceptors (Lipinski definition) is 2. The van der Waals surface area contributed by atoms with E-state index in [-0.39, 0.29) is 5.91 Å². The van der Waals surface area contributed by atoms with Crippen LogP contribution in [0, 0.1) is 17.6 Å². The molecule has 0 unspecified atom stereocenters. The Labute approximate surface area is 133 Å². The van der Waals surface area contributed by atoms with Gasteiger partial charge < -0.3 is 9.47 Å². The van der Waals surface area contributed by atoms with E-state index < -0.39 is 11.6 Å². The van der Waals surface area contributed by atoms with Gasteiger partial charge in [-0.15, -0.1) is 0 Å². The van der Waals surface area contributed by atoms with E-state index >= 15 is 0 Å². The molecule has 1 aliphatic rings. The van der Waals surface area contributed by atoms with Crippen molar-refractivity contribution in [3.8, 4) is 0 Å². The molecule has 2 aromatic rings. The summed E-state index contributed by atoms with van der Waals surface area (Å²) < 4.78 is 28.2. The number of benzene rings is 1. The second-order valence-corrected chi connectivity index (χ2v) is 6.06. The minimum absolute atomic E-state index is 0.0271. The molecule has 6 heteroatoms. The van der Waals surface area contributed by atoms with Gasteiger partial charge in [0, 0.05) is 32.4 Å². The quantitative estimate of drug-likeness (QED) is 0.821.